The van der Waals surface area contributed by atoms with Crippen molar-refractivity contribution in [2.75, 3.05) is 14.2 Å². The minimum atomic E-state index is -1.54. The van der Waals surface area contributed by atoms with Gasteiger partial charge < -0.3 is 23.5 Å². The fourth-order valence-corrected chi connectivity index (χ4v) is 6.07. The van der Waals surface area contributed by atoms with Gasteiger partial charge in [0, 0.05) is 11.2 Å². The highest BCUT2D eigenvalue weighted by Crippen LogP contribution is 2.39. The van der Waals surface area contributed by atoms with E-state index in [1.165, 1.54) is 0 Å². The molecule has 0 unspecified atom stereocenters. The van der Waals surface area contributed by atoms with E-state index in [1.54, 1.807) is 14.2 Å². The third kappa shape index (κ3) is 6.57. The van der Waals surface area contributed by atoms with E-state index in [9.17, 15) is 4.55 Å². The van der Waals surface area contributed by atoms with Crippen LogP contribution in [0.2, 0.25) is 0 Å². The number of methoxy groups -OCH3 is 2. The van der Waals surface area contributed by atoms with Crippen LogP contribution in [0.4, 0.5) is 0 Å². The largest absolute Gasteiger partial charge is 0.606 e. The minimum absolute atomic E-state index is 0.533. The fraction of sp³-hybridized carbons (Fsp3) is 0.0526. The van der Waals surface area contributed by atoms with Crippen molar-refractivity contribution in [1.82, 2.24) is 0 Å². The monoisotopic (exact) mass is 598 g/mol. The summed E-state index contributed by atoms with van der Waals surface area (Å²) in [4.78, 5) is 1.13. The zero-order chi connectivity index (χ0) is 30.3. The Kier molecular flexibility index (Phi) is 8.82. The van der Waals surface area contributed by atoms with Gasteiger partial charge in [-0.1, -0.05) is 60.7 Å². The number of benzene rings is 6. The first kappa shape index (κ1) is 28.9. The van der Waals surface area contributed by atoms with Gasteiger partial charge in [0.05, 0.1) is 14.2 Å². The number of ether oxygens (including phenoxy) is 4. The Morgan fingerprint density at radius 3 is 1.11 bits per heavy atom. The summed E-state index contributed by atoms with van der Waals surface area (Å²) in [6.45, 7) is 0. The van der Waals surface area contributed by atoms with E-state index in [4.69, 9.17) is 18.9 Å². The highest BCUT2D eigenvalue weighted by atomic mass is 32.2. The molecule has 0 saturated heterocycles. The average molecular weight is 599 g/mol. The average Bonchev–Trinajstić information content (AvgIpc) is 3.09. The lowest BCUT2D eigenvalue weighted by Crippen LogP contribution is -2.06. The van der Waals surface area contributed by atoms with Crippen LogP contribution in [0.3, 0.4) is 0 Å². The third-order valence-corrected chi connectivity index (χ3v) is 8.53. The summed E-state index contributed by atoms with van der Waals surface area (Å²) >= 11 is -1.54. The maximum Gasteiger partial charge on any atom is 0.200 e. The van der Waals surface area contributed by atoms with Gasteiger partial charge in [-0.3, -0.25) is 0 Å². The van der Waals surface area contributed by atoms with Gasteiger partial charge in [0.2, 0.25) is 0 Å². The maximum absolute atomic E-state index is 13.9. The molecular weight excluding hydrogens is 568 g/mol. The zero-order valence-corrected chi connectivity index (χ0v) is 25.1. The summed E-state index contributed by atoms with van der Waals surface area (Å²) in [7, 11) is 3.17. The summed E-state index contributed by atoms with van der Waals surface area (Å²) in [6, 6.07) is 46.4. The van der Waals surface area contributed by atoms with Crippen molar-refractivity contribution in [1.29, 1.82) is 0 Å². The van der Waals surface area contributed by atoms with Crippen molar-refractivity contribution < 1.29 is 23.5 Å². The lowest BCUT2D eigenvalue weighted by atomic mass is 10.1. The van der Waals surface area contributed by atoms with Crippen molar-refractivity contribution in [3.8, 4) is 56.8 Å². The minimum Gasteiger partial charge on any atom is -0.606 e. The first-order valence-corrected chi connectivity index (χ1v) is 15.2. The Labute approximate surface area is 260 Å². The molecule has 218 valence electrons. The van der Waals surface area contributed by atoms with Crippen molar-refractivity contribution >= 4 is 11.2 Å². The molecule has 0 aliphatic heterocycles. The Morgan fingerprint density at radius 2 is 0.750 bits per heavy atom. The topological polar surface area (TPSA) is 60.0 Å². The molecule has 0 aromatic heterocycles. The quantitative estimate of drug-likeness (QED) is 0.147. The Balaban J connectivity index is 1.20. The van der Waals surface area contributed by atoms with Crippen molar-refractivity contribution in [2.24, 2.45) is 0 Å². The standard InChI is InChI=1S/C38H30O5S/c1-40-35-25-29(27-13-19-33(20-14-27)42-31-9-5-3-6-10-31)17-23-37(35)44(39)38-24-18-30(26-36(38)41-2)28-15-21-34(22-16-28)43-32-11-7-4-8-12-32/h3-26H,1-2H3. The van der Waals surface area contributed by atoms with Crippen LogP contribution in [0.1, 0.15) is 0 Å². The first-order chi connectivity index (χ1) is 21.6. The van der Waals surface area contributed by atoms with E-state index in [2.05, 4.69) is 0 Å². The molecule has 6 aromatic carbocycles. The van der Waals surface area contributed by atoms with E-state index in [1.807, 2.05) is 146 Å². The summed E-state index contributed by atoms with van der Waals surface area (Å²) in [5.74, 6) is 4.12. The highest BCUT2D eigenvalue weighted by Gasteiger charge is 2.25. The molecule has 0 N–H and O–H groups in total. The van der Waals surface area contributed by atoms with E-state index in [0.717, 1.165) is 45.3 Å². The van der Waals surface area contributed by atoms with Crippen LogP contribution >= 0.6 is 0 Å². The van der Waals surface area contributed by atoms with Crippen LogP contribution < -0.4 is 18.9 Å². The van der Waals surface area contributed by atoms with Crippen LogP contribution in [0.25, 0.3) is 22.3 Å². The Bertz CT molecular complexity index is 1690. The second kappa shape index (κ2) is 13.4. The van der Waals surface area contributed by atoms with Gasteiger partial charge in [0.1, 0.15) is 23.0 Å². The molecule has 6 rings (SSSR count). The molecule has 0 bridgehead atoms. The molecule has 0 radical (unpaired) electrons. The van der Waals surface area contributed by atoms with Crippen molar-refractivity contribution in [2.45, 2.75) is 9.79 Å². The van der Waals surface area contributed by atoms with Gasteiger partial charge in [0.15, 0.2) is 21.3 Å². The summed E-state index contributed by atoms with van der Waals surface area (Å²) in [6.07, 6.45) is 0. The summed E-state index contributed by atoms with van der Waals surface area (Å²) < 4.78 is 37.1. The number of para-hydroxylation sites is 2. The molecule has 0 saturated carbocycles. The molecule has 0 amide bonds. The van der Waals surface area contributed by atoms with Crippen molar-refractivity contribution in [3.63, 3.8) is 0 Å². The molecule has 0 heterocycles. The van der Waals surface area contributed by atoms with Gasteiger partial charge in [-0.25, -0.2) is 0 Å². The van der Waals surface area contributed by atoms with Gasteiger partial charge in [-0.05, 0) is 107 Å². The first-order valence-electron chi connectivity index (χ1n) is 14.1. The van der Waals surface area contributed by atoms with E-state index >= 15 is 0 Å². The van der Waals surface area contributed by atoms with Crippen LogP contribution in [-0.4, -0.2) is 18.8 Å². The van der Waals surface area contributed by atoms with E-state index < -0.39 is 11.2 Å². The number of hydrogen-bond acceptors (Lipinski definition) is 5. The van der Waals surface area contributed by atoms with Gasteiger partial charge in [-0.2, -0.15) is 0 Å². The molecule has 6 aromatic rings. The van der Waals surface area contributed by atoms with E-state index in [0.29, 0.717) is 21.3 Å². The predicted molar refractivity (Wildman–Crippen MR) is 175 cm³/mol. The second-order valence-corrected chi connectivity index (χ2v) is 11.3. The maximum atomic E-state index is 13.9. The third-order valence-electron chi connectivity index (χ3n) is 7.06. The van der Waals surface area contributed by atoms with Crippen molar-refractivity contribution in [3.05, 3.63) is 146 Å². The number of rotatable bonds is 10. The van der Waals surface area contributed by atoms with E-state index in [-0.39, 0.29) is 0 Å². The molecule has 5 nitrogen and oxygen atoms in total. The van der Waals surface area contributed by atoms with Crippen LogP contribution in [0.15, 0.2) is 155 Å². The lowest BCUT2D eigenvalue weighted by molar-refractivity contribution is 0.398. The molecule has 0 spiro atoms. The molecule has 44 heavy (non-hydrogen) atoms. The van der Waals surface area contributed by atoms with Gasteiger partial charge in [-0.15, -0.1) is 0 Å². The summed E-state index contributed by atoms with van der Waals surface area (Å²) in [5.41, 5.74) is 3.86. The smallest absolute Gasteiger partial charge is 0.200 e. The molecule has 6 heteroatoms. The molecule has 0 aliphatic carbocycles. The number of hydrogen-bond donors (Lipinski definition) is 0. The van der Waals surface area contributed by atoms with Crippen LogP contribution in [0, 0.1) is 0 Å². The SMILES string of the molecule is COc1cc(-c2ccc(Oc3ccccc3)cc2)ccc1[S+]([O-])c1ccc(-c2ccc(Oc3ccccc3)cc2)cc1OC. The molecule has 0 atom stereocenters. The molecule has 0 aliphatic rings. The highest BCUT2D eigenvalue weighted by molar-refractivity contribution is 7.91. The van der Waals surface area contributed by atoms with Gasteiger partial charge >= 0.3 is 0 Å². The molecule has 0 fully saturated rings. The normalized spacial score (nSPS) is 10.8. The van der Waals surface area contributed by atoms with Crippen LogP contribution in [-0.2, 0) is 11.2 Å². The Hall–Kier alpha value is -5.17. The van der Waals surface area contributed by atoms with Crippen LogP contribution in [0.5, 0.6) is 34.5 Å². The molecular formula is C38H30O5S. The fourth-order valence-electron chi connectivity index (χ4n) is 4.80. The zero-order valence-electron chi connectivity index (χ0n) is 24.3. The van der Waals surface area contributed by atoms with Gasteiger partial charge in [0.25, 0.3) is 0 Å². The lowest BCUT2D eigenvalue weighted by Gasteiger charge is -2.17. The predicted octanol–water partition coefficient (Wildman–Crippen LogP) is 9.79. The summed E-state index contributed by atoms with van der Waals surface area (Å²) in [5, 5.41) is 0. The Morgan fingerprint density at radius 1 is 0.409 bits per heavy atom. The second-order valence-electron chi connectivity index (χ2n) is 9.88.